The number of rotatable bonds is 7. The molecule has 0 atom stereocenters. The van der Waals surface area contributed by atoms with E-state index in [9.17, 15) is 9.18 Å². The maximum absolute atomic E-state index is 12.9. The Kier molecular flexibility index (Phi) is 5.88. The van der Waals surface area contributed by atoms with Crippen molar-refractivity contribution in [3.8, 4) is 0 Å². The lowest BCUT2D eigenvalue weighted by molar-refractivity contribution is 0.0949. The van der Waals surface area contributed by atoms with Gasteiger partial charge in [-0.3, -0.25) is 9.78 Å². The molecular weight excluding hydrogens is 331 g/mol. The summed E-state index contributed by atoms with van der Waals surface area (Å²) in [6.07, 6.45) is 5.76. The molecular formula is C20H19FN4O. The number of nitrogens with zero attached hydrogens (tertiary/aromatic N) is 2. The first-order chi connectivity index (χ1) is 12.7. The minimum Gasteiger partial charge on any atom is -0.380 e. The molecule has 0 bridgehead atoms. The Morgan fingerprint density at radius 1 is 0.962 bits per heavy atom. The highest BCUT2D eigenvalue weighted by molar-refractivity contribution is 5.92. The first-order valence-corrected chi connectivity index (χ1v) is 8.32. The molecule has 2 aromatic heterocycles. The molecule has 0 saturated heterocycles. The number of halogens is 1. The lowest BCUT2D eigenvalue weighted by Gasteiger charge is -2.08. The summed E-state index contributed by atoms with van der Waals surface area (Å²) in [5.74, 6) is -0.493. The summed E-state index contributed by atoms with van der Waals surface area (Å²) in [6, 6.07) is 13.6. The number of benzene rings is 1. The van der Waals surface area contributed by atoms with E-state index in [1.165, 1.54) is 12.1 Å². The smallest absolute Gasteiger partial charge is 0.269 e. The van der Waals surface area contributed by atoms with Crippen LogP contribution in [0.3, 0.4) is 0 Å². The number of aromatic nitrogens is 2. The van der Waals surface area contributed by atoms with Gasteiger partial charge >= 0.3 is 0 Å². The minimum atomic E-state index is -0.264. The number of carbonyl (C=O) groups excluding carboxylic acids is 1. The Labute approximate surface area is 151 Å². The van der Waals surface area contributed by atoms with Crippen LogP contribution in [0.2, 0.25) is 0 Å². The first-order valence-electron chi connectivity index (χ1n) is 8.32. The molecule has 0 unspecified atom stereocenters. The zero-order valence-corrected chi connectivity index (χ0v) is 14.2. The van der Waals surface area contributed by atoms with Gasteiger partial charge in [-0.05, 0) is 53.9 Å². The number of anilines is 1. The minimum absolute atomic E-state index is 0.229. The third-order valence-corrected chi connectivity index (χ3v) is 3.85. The van der Waals surface area contributed by atoms with E-state index in [4.69, 9.17) is 0 Å². The maximum Gasteiger partial charge on any atom is 0.269 e. The number of nitrogens with one attached hydrogen (secondary N) is 2. The highest BCUT2D eigenvalue weighted by Crippen LogP contribution is 2.09. The Bertz CT molecular complexity index is 836. The van der Waals surface area contributed by atoms with Crippen LogP contribution >= 0.6 is 0 Å². The molecule has 132 valence electrons. The molecule has 0 aliphatic heterocycles. The van der Waals surface area contributed by atoms with Crippen LogP contribution in [-0.4, -0.2) is 22.4 Å². The molecule has 3 aromatic rings. The van der Waals surface area contributed by atoms with Crippen LogP contribution in [0.4, 0.5) is 10.1 Å². The third-order valence-electron chi connectivity index (χ3n) is 3.85. The summed E-state index contributed by atoms with van der Waals surface area (Å²) in [4.78, 5) is 20.3. The Balaban J connectivity index is 1.46. The largest absolute Gasteiger partial charge is 0.380 e. The van der Waals surface area contributed by atoms with E-state index >= 15 is 0 Å². The van der Waals surface area contributed by atoms with Crippen molar-refractivity contribution in [2.75, 3.05) is 11.9 Å². The van der Waals surface area contributed by atoms with E-state index in [-0.39, 0.29) is 11.7 Å². The molecule has 0 spiro atoms. The lowest BCUT2D eigenvalue weighted by atomic mass is 10.1. The van der Waals surface area contributed by atoms with Crippen molar-refractivity contribution >= 4 is 11.6 Å². The van der Waals surface area contributed by atoms with E-state index in [1.807, 2.05) is 18.2 Å². The van der Waals surface area contributed by atoms with Gasteiger partial charge in [0, 0.05) is 25.5 Å². The number of amides is 1. The second-order valence-electron chi connectivity index (χ2n) is 5.77. The van der Waals surface area contributed by atoms with E-state index < -0.39 is 0 Å². The molecule has 5 nitrogen and oxygen atoms in total. The van der Waals surface area contributed by atoms with Gasteiger partial charge in [0.05, 0.1) is 11.9 Å². The molecule has 3 rings (SSSR count). The first kappa shape index (κ1) is 17.5. The van der Waals surface area contributed by atoms with Crippen molar-refractivity contribution in [2.45, 2.75) is 13.0 Å². The third kappa shape index (κ3) is 5.11. The number of carbonyl (C=O) groups is 1. The zero-order chi connectivity index (χ0) is 18.2. The molecule has 0 aliphatic carbocycles. The highest BCUT2D eigenvalue weighted by atomic mass is 19.1. The van der Waals surface area contributed by atoms with Crippen LogP contribution in [0.1, 0.15) is 21.6 Å². The van der Waals surface area contributed by atoms with E-state index in [2.05, 4.69) is 20.6 Å². The maximum atomic E-state index is 12.9. The van der Waals surface area contributed by atoms with Crippen LogP contribution < -0.4 is 10.6 Å². The topological polar surface area (TPSA) is 66.9 Å². The summed E-state index contributed by atoms with van der Waals surface area (Å²) < 4.78 is 12.9. The average Bonchev–Trinajstić information content (AvgIpc) is 2.69. The fourth-order valence-electron chi connectivity index (χ4n) is 2.40. The normalized spacial score (nSPS) is 10.3. The van der Waals surface area contributed by atoms with Crippen LogP contribution in [0.5, 0.6) is 0 Å². The fourth-order valence-corrected chi connectivity index (χ4v) is 2.40. The van der Waals surface area contributed by atoms with Crippen LogP contribution in [-0.2, 0) is 13.0 Å². The molecule has 2 heterocycles. The number of hydrogen-bond acceptors (Lipinski definition) is 4. The fraction of sp³-hybridized carbons (Fsp3) is 0.150. The van der Waals surface area contributed by atoms with Crippen molar-refractivity contribution in [1.29, 1.82) is 0 Å². The van der Waals surface area contributed by atoms with E-state index in [0.717, 1.165) is 16.8 Å². The van der Waals surface area contributed by atoms with Gasteiger partial charge in [0.2, 0.25) is 0 Å². The predicted molar refractivity (Wildman–Crippen MR) is 98.2 cm³/mol. The summed E-state index contributed by atoms with van der Waals surface area (Å²) in [7, 11) is 0. The van der Waals surface area contributed by atoms with Gasteiger partial charge in [0.25, 0.3) is 5.91 Å². The molecule has 26 heavy (non-hydrogen) atoms. The summed E-state index contributed by atoms with van der Waals surface area (Å²) in [5.41, 5.74) is 3.28. The van der Waals surface area contributed by atoms with E-state index in [0.29, 0.717) is 25.2 Å². The molecule has 0 aliphatic rings. The summed E-state index contributed by atoms with van der Waals surface area (Å²) in [6.45, 7) is 1.13. The van der Waals surface area contributed by atoms with Gasteiger partial charge in [-0.25, -0.2) is 9.37 Å². The van der Waals surface area contributed by atoms with Gasteiger partial charge in [0.15, 0.2) is 0 Å². The van der Waals surface area contributed by atoms with Crippen molar-refractivity contribution in [1.82, 2.24) is 15.3 Å². The molecule has 1 amide bonds. The van der Waals surface area contributed by atoms with Crippen LogP contribution in [0.15, 0.2) is 67.1 Å². The van der Waals surface area contributed by atoms with Gasteiger partial charge in [0.1, 0.15) is 11.5 Å². The van der Waals surface area contributed by atoms with Crippen molar-refractivity contribution in [3.05, 3.63) is 89.8 Å². The van der Waals surface area contributed by atoms with Gasteiger partial charge in [-0.1, -0.05) is 12.1 Å². The number of pyridine rings is 2. The van der Waals surface area contributed by atoms with Crippen molar-refractivity contribution < 1.29 is 9.18 Å². The SMILES string of the molecule is O=C(NCCc1ccc(F)cc1)c1ccc(NCc2ccncc2)cn1. The molecule has 6 heteroatoms. The Morgan fingerprint density at radius 2 is 1.73 bits per heavy atom. The van der Waals surface area contributed by atoms with Crippen molar-refractivity contribution in [3.63, 3.8) is 0 Å². The highest BCUT2D eigenvalue weighted by Gasteiger charge is 2.06. The summed E-state index contributed by atoms with van der Waals surface area (Å²) in [5, 5.41) is 6.06. The molecule has 0 fully saturated rings. The van der Waals surface area contributed by atoms with Crippen molar-refractivity contribution in [2.24, 2.45) is 0 Å². The van der Waals surface area contributed by atoms with Crippen LogP contribution in [0, 0.1) is 5.82 Å². The van der Waals surface area contributed by atoms with Gasteiger partial charge in [-0.2, -0.15) is 0 Å². The molecule has 2 N–H and O–H groups in total. The standard InChI is InChI=1S/C20H19FN4O/c21-17-3-1-15(2-4-17)9-12-23-20(26)19-6-5-18(14-25-19)24-13-16-7-10-22-11-8-16/h1-8,10-11,14,24H,9,12-13H2,(H,23,26). The predicted octanol–water partition coefficient (Wildman–Crippen LogP) is 3.20. The molecule has 0 radical (unpaired) electrons. The Hall–Kier alpha value is -3.28. The average molecular weight is 350 g/mol. The monoisotopic (exact) mass is 350 g/mol. The van der Waals surface area contributed by atoms with Crippen LogP contribution in [0.25, 0.3) is 0 Å². The van der Waals surface area contributed by atoms with E-state index in [1.54, 1.807) is 36.8 Å². The second kappa shape index (κ2) is 8.71. The van der Waals surface area contributed by atoms with Gasteiger partial charge < -0.3 is 10.6 Å². The Morgan fingerprint density at radius 3 is 2.42 bits per heavy atom. The quantitative estimate of drug-likeness (QED) is 0.687. The zero-order valence-electron chi connectivity index (χ0n) is 14.2. The number of hydrogen-bond donors (Lipinski definition) is 2. The summed E-state index contributed by atoms with van der Waals surface area (Å²) >= 11 is 0. The van der Waals surface area contributed by atoms with Gasteiger partial charge in [-0.15, -0.1) is 0 Å². The second-order valence-corrected chi connectivity index (χ2v) is 5.77. The molecule has 0 saturated carbocycles. The lowest BCUT2D eigenvalue weighted by Crippen LogP contribution is -2.26. The molecule has 1 aromatic carbocycles.